The van der Waals surface area contributed by atoms with Gasteiger partial charge >= 0.3 is 16.5 Å². The van der Waals surface area contributed by atoms with Crippen LogP contribution in [-0.2, 0) is 42.7 Å². The van der Waals surface area contributed by atoms with E-state index in [-0.39, 0.29) is 46.8 Å². The predicted octanol–water partition coefficient (Wildman–Crippen LogP) is -0.569. The van der Waals surface area contributed by atoms with Crippen LogP contribution in [0, 0.1) is 54.2 Å². The van der Waals surface area contributed by atoms with E-state index in [4.69, 9.17) is 30.4 Å². The topological polar surface area (TPSA) is 166 Å². The number of halogens is 2. The van der Waals surface area contributed by atoms with Crippen LogP contribution in [0.4, 0.5) is 0 Å². The van der Waals surface area contributed by atoms with Crippen LogP contribution in [0.15, 0.2) is 97.6 Å². The van der Waals surface area contributed by atoms with E-state index in [0.717, 1.165) is 64.2 Å². The summed E-state index contributed by atoms with van der Waals surface area (Å²) in [5, 5.41) is 28.0. The van der Waals surface area contributed by atoms with Gasteiger partial charge in [-0.25, -0.2) is 9.97 Å². The Labute approximate surface area is 401 Å². The summed E-state index contributed by atoms with van der Waals surface area (Å²) in [7, 11) is 4.00. The molecule has 0 spiro atoms. The van der Waals surface area contributed by atoms with Gasteiger partial charge in [0.1, 0.15) is 13.1 Å². The van der Waals surface area contributed by atoms with E-state index in [1.54, 1.807) is 0 Å². The van der Waals surface area contributed by atoms with Crippen molar-refractivity contribution < 1.29 is 76.3 Å². The Bertz CT molecular complexity index is 2350. The molecule has 0 atom stereocenters. The molecule has 0 bridgehead atoms. The normalized spacial score (nSPS) is 9.62. The minimum atomic E-state index is 0. The van der Waals surface area contributed by atoms with Gasteiger partial charge in [-0.3, -0.25) is 0 Å². The van der Waals surface area contributed by atoms with E-state index in [9.17, 15) is 0 Å². The molecule has 4 aromatic carbocycles. The SMILES string of the molecule is CCn1c(C[n+]2[c-]n(-c3c(C)cc(C)cc3C)cc2)nc2ccccc21.CCn1c(C[n+]2[c-]n(-c3c(C)cc(C)cc3C)cc2)nc2ccccc21.CO.CO.CO.CO.O.[Cl-].[Cl-].[Ni+2]. The van der Waals surface area contributed by atoms with Gasteiger partial charge in [-0.2, -0.15) is 0 Å². The third-order valence-corrected chi connectivity index (χ3v) is 9.74. The van der Waals surface area contributed by atoms with Crippen LogP contribution in [0.1, 0.15) is 58.9 Å². The zero-order valence-electron chi connectivity index (χ0n) is 39.0. The molecule has 16 heteroatoms. The van der Waals surface area contributed by atoms with Gasteiger partial charge in [0.05, 0.1) is 33.4 Å². The first-order valence-electron chi connectivity index (χ1n) is 20.0. The second-order valence-electron chi connectivity index (χ2n) is 13.8. The van der Waals surface area contributed by atoms with E-state index < -0.39 is 0 Å². The van der Waals surface area contributed by atoms with Crippen LogP contribution in [0.3, 0.4) is 0 Å². The summed E-state index contributed by atoms with van der Waals surface area (Å²) in [6.45, 7) is 20.5. The number of hydrogen-bond donors (Lipinski definition) is 4. The molecule has 4 aromatic heterocycles. The predicted molar refractivity (Wildman–Crippen MR) is 243 cm³/mol. The van der Waals surface area contributed by atoms with Crippen molar-refractivity contribution in [3.8, 4) is 11.4 Å². The number of nitrogens with zero attached hydrogens (tertiary/aromatic N) is 8. The third kappa shape index (κ3) is 14.6. The molecule has 0 fully saturated rings. The van der Waals surface area contributed by atoms with Crippen molar-refractivity contribution in [3.63, 3.8) is 0 Å². The number of aryl methyl sites for hydroxylation is 8. The van der Waals surface area contributed by atoms with Gasteiger partial charge in [-0.1, -0.05) is 59.7 Å². The second-order valence-corrected chi connectivity index (χ2v) is 13.8. The molecule has 4 heterocycles. The average molecular weight is 965 g/mol. The summed E-state index contributed by atoms with van der Waals surface area (Å²) < 4.78 is 12.9. The Morgan fingerprint density at radius 3 is 1.11 bits per heavy atom. The molecule has 0 aliphatic carbocycles. The Hall–Kier alpha value is -4.89. The molecule has 0 saturated carbocycles. The number of fused-ring (bicyclic) bond motifs is 2. The first-order chi connectivity index (χ1) is 29.1. The van der Waals surface area contributed by atoms with Gasteiger partial charge in [-0.05, 0) is 102 Å². The minimum Gasteiger partial charge on any atom is -1.00 e. The van der Waals surface area contributed by atoms with Crippen LogP contribution in [0.2, 0.25) is 0 Å². The zero-order valence-corrected chi connectivity index (χ0v) is 41.5. The zero-order chi connectivity index (χ0) is 44.5. The summed E-state index contributed by atoms with van der Waals surface area (Å²) in [6, 6.07) is 25.5. The monoisotopic (exact) mass is 962 g/mol. The molecule has 0 aliphatic rings. The summed E-state index contributed by atoms with van der Waals surface area (Å²) in [6.07, 6.45) is 15.2. The molecular weight excluding hydrogens is 898 g/mol. The molecule has 0 unspecified atom stereocenters. The fraction of sp³-hybridized carbons (Fsp3) is 0.333. The maximum Gasteiger partial charge on any atom is 2.00 e. The van der Waals surface area contributed by atoms with Crippen LogP contribution in [-0.4, -0.2) is 82.6 Å². The van der Waals surface area contributed by atoms with Crippen molar-refractivity contribution >= 4 is 22.1 Å². The first kappa shape index (κ1) is 61.2. The summed E-state index contributed by atoms with van der Waals surface area (Å²) in [5.41, 5.74) is 14.5. The third-order valence-electron chi connectivity index (χ3n) is 9.74. The molecule has 0 radical (unpaired) electrons. The number of aliphatic hydroxyl groups is 4. The van der Waals surface area contributed by atoms with Gasteiger partial charge in [0.15, 0.2) is 11.6 Å². The Morgan fingerprint density at radius 1 is 0.516 bits per heavy atom. The van der Waals surface area contributed by atoms with Crippen LogP contribution >= 0.6 is 0 Å². The number of hydrogen-bond acceptors (Lipinski definition) is 6. The van der Waals surface area contributed by atoms with E-state index in [0.29, 0.717) is 13.1 Å². The fourth-order valence-electron chi connectivity index (χ4n) is 7.74. The van der Waals surface area contributed by atoms with Crippen LogP contribution in [0.25, 0.3) is 33.4 Å². The van der Waals surface area contributed by atoms with Crippen LogP contribution < -0.4 is 33.9 Å². The van der Waals surface area contributed by atoms with Crippen molar-refractivity contribution in [1.82, 2.24) is 28.2 Å². The van der Waals surface area contributed by atoms with Crippen molar-refractivity contribution in [2.24, 2.45) is 0 Å². The molecule has 8 aromatic rings. The van der Waals surface area contributed by atoms with Gasteiger partial charge in [0, 0.05) is 66.3 Å². The van der Waals surface area contributed by atoms with Gasteiger partial charge in [0.2, 0.25) is 12.7 Å². The second kappa shape index (κ2) is 30.3. The molecule has 8 rings (SSSR count). The number of aromatic nitrogens is 8. The molecule has 352 valence electrons. The number of para-hydroxylation sites is 4. The Morgan fingerprint density at radius 2 is 0.812 bits per heavy atom. The summed E-state index contributed by atoms with van der Waals surface area (Å²) in [4.78, 5) is 9.64. The Kier molecular flexibility index (Phi) is 29.0. The van der Waals surface area contributed by atoms with E-state index in [1.165, 1.54) is 55.8 Å². The van der Waals surface area contributed by atoms with Gasteiger partial charge in [0.25, 0.3) is 0 Å². The number of imidazole rings is 4. The Balaban J connectivity index is 0. The molecular formula is C48H66Cl2N8NiO5. The standard InChI is InChI=1S/2C22H24N4.4CH4O.2ClH.Ni.H2O/c2*1-5-26-20-9-7-6-8-19(20)23-21(26)14-24-10-11-25(15-24)22-17(3)12-16(2)13-18(22)4;4*1-2;;;;/h2*6-13H,5,14H2,1-4H3;4*2H,1H3;2*1H;;1H2/q;;;;;;;;+2;/p-2. The van der Waals surface area contributed by atoms with E-state index >= 15 is 0 Å². The molecule has 64 heavy (non-hydrogen) atoms. The fourth-order valence-corrected chi connectivity index (χ4v) is 7.74. The average Bonchev–Trinajstić information content (AvgIpc) is 4.06. The first-order valence-corrected chi connectivity index (χ1v) is 20.0. The quantitative estimate of drug-likeness (QED) is 0.0906. The van der Waals surface area contributed by atoms with Gasteiger partial charge < -0.3 is 78.1 Å². The summed E-state index contributed by atoms with van der Waals surface area (Å²) in [5.74, 6) is 2.12. The van der Waals surface area contributed by atoms with Crippen molar-refractivity contribution in [2.75, 3.05) is 28.4 Å². The molecule has 0 saturated heterocycles. The van der Waals surface area contributed by atoms with Crippen LogP contribution in [0.5, 0.6) is 0 Å². The molecule has 6 N–H and O–H groups in total. The summed E-state index contributed by atoms with van der Waals surface area (Å²) >= 11 is 0. The van der Waals surface area contributed by atoms with Crippen molar-refractivity contribution in [1.29, 1.82) is 0 Å². The maximum atomic E-state index is 7.00. The van der Waals surface area contributed by atoms with Gasteiger partial charge in [-0.15, -0.1) is 0 Å². The minimum absolute atomic E-state index is 0. The maximum absolute atomic E-state index is 7.00. The van der Waals surface area contributed by atoms with E-state index in [1.807, 2.05) is 12.1 Å². The molecule has 13 nitrogen and oxygen atoms in total. The molecule has 0 amide bonds. The van der Waals surface area contributed by atoms with Crippen molar-refractivity contribution in [3.05, 3.63) is 155 Å². The van der Waals surface area contributed by atoms with E-state index in [2.05, 4.69) is 181 Å². The largest absolute Gasteiger partial charge is 2.00 e. The number of aliphatic hydroxyl groups excluding tert-OH is 4. The van der Waals surface area contributed by atoms with Crippen molar-refractivity contribution in [2.45, 2.75) is 81.6 Å². The smallest absolute Gasteiger partial charge is 1.00 e. The number of benzene rings is 4. The number of rotatable bonds is 8. The molecule has 0 aliphatic heterocycles.